The molecule has 0 amide bonds. The van der Waals surface area contributed by atoms with Crippen molar-refractivity contribution < 1.29 is 5.11 Å². The lowest BCUT2D eigenvalue weighted by atomic mass is 9.88. The van der Waals surface area contributed by atoms with E-state index in [0.29, 0.717) is 34.9 Å². The molecule has 4 aromatic carbocycles. The van der Waals surface area contributed by atoms with E-state index in [2.05, 4.69) is 29.6 Å². The van der Waals surface area contributed by atoms with Crippen LogP contribution in [0.3, 0.4) is 0 Å². The summed E-state index contributed by atoms with van der Waals surface area (Å²) in [6.45, 7) is 15.1. The maximum absolute atomic E-state index is 9.68. The molecule has 6 rings (SSSR count). The molecule has 0 bridgehead atoms. The van der Waals surface area contributed by atoms with Gasteiger partial charge in [-0.15, -0.1) is 9.97 Å². The third kappa shape index (κ3) is 3.03. The highest BCUT2D eigenvalue weighted by Crippen LogP contribution is 2.45. The number of aromatic nitrogens is 4. The summed E-state index contributed by atoms with van der Waals surface area (Å²) in [6.07, 6.45) is 2.04. The van der Waals surface area contributed by atoms with Gasteiger partial charge in [0.2, 0.25) is 11.0 Å². The number of aliphatic hydroxyl groups excluding tert-OH is 1. The third-order valence-corrected chi connectivity index (χ3v) is 6.64. The number of nitrogens with zero attached hydrogens (tertiary/aromatic N) is 8. The van der Waals surface area contributed by atoms with Crippen LogP contribution in [0.5, 0.6) is 0 Å². The number of unbranched alkanes of at least 4 members (excludes halogenated alkanes) is 1. The molecule has 0 aliphatic carbocycles. The van der Waals surface area contributed by atoms with Gasteiger partial charge in [-0.05, 0) is 37.0 Å². The lowest BCUT2D eigenvalue weighted by molar-refractivity contribution is 0.284. The van der Waals surface area contributed by atoms with E-state index >= 15 is 0 Å². The molecule has 0 aliphatic heterocycles. The van der Waals surface area contributed by atoms with Gasteiger partial charge in [0.15, 0.2) is 11.4 Å². The number of benzene rings is 4. The summed E-state index contributed by atoms with van der Waals surface area (Å²) in [4.78, 5) is 25.2. The number of aliphatic hydroxyl groups is 1. The SMILES string of the molecule is [C-]#[N+]c1nc2c3cccc4c5nc(C#N)c(C#N)nc5c5c(CCCCO)ccc(c2nc1[N+]#[C-])c5c34. The zero-order chi connectivity index (χ0) is 25.7. The molecule has 0 unspecified atom stereocenters. The van der Waals surface area contributed by atoms with E-state index < -0.39 is 0 Å². The Morgan fingerprint density at radius 2 is 1.27 bits per heavy atom. The fourth-order valence-electron chi connectivity index (χ4n) is 5.12. The lowest BCUT2D eigenvalue weighted by Crippen LogP contribution is -2.01. The second-order valence-electron chi connectivity index (χ2n) is 8.56. The van der Waals surface area contributed by atoms with E-state index in [1.165, 1.54) is 0 Å². The minimum Gasteiger partial charge on any atom is -0.396 e. The molecular formula is C28H14N8O. The van der Waals surface area contributed by atoms with E-state index in [4.69, 9.17) is 13.1 Å². The lowest BCUT2D eigenvalue weighted by Gasteiger charge is -2.17. The average Bonchev–Trinajstić information content (AvgIpc) is 2.95. The molecule has 0 saturated heterocycles. The van der Waals surface area contributed by atoms with Crippen molar-refractivity contribution in [2.75, 3.05) is 6.61 Å². The van der Waals surface area contributed by atoms with Gasteiger partial charge in [0.25, 0.3) is 11.6 Å². The van der Waals surface area contributed by atoms with Crippen LogP contribution in [0.1, 0.15) is 29.8 Å². The van der Waals surface area contributed by atoms with Crippen LogP contribution in [0, 0.1) is 35.8 Å². The Morgan fingerprint density at radius 3 is 1.84 bits per heavy atom. The van der Waals surface area contributed by atoms with Crippen LogP contribution in [0.15, 0.2) is 30.3 Å². The first-order chi connectivity index (χ1) is 18.1. The predicted octanol–water partition coefficient (Wildman–Crippen LogP) is 5.63. The maximum Gasteiger partial charge on any atom is 0.294 e. The van der Waals surface area contributed by atoms with E-state index in [1.807, 2.05) is 42.5 Å². The quantitative estimate of drug-likeness (QED) is 0.150. The monoisotopic (exact) mass is 478 g/mol. The number of hydrogen-bond acceptors (Lipinski definition) is 7. The Hall–Kier alpha value is -5.48. The first kappa shape index (κ1) is 22.0. The minimum atomic E-state index is -0.0597. The van der Waals surface area contributed by atoms with Crippen molar-refractivity contribution in [3.8, 4) is 12.1 Å². The molecule has 9 heteroatoms. The molecule has 0 radical (unpaired) electrons. The maximum atomic E-state index is 9.68. The van der Waals surface area contributed by atoms with Gasteiger partial charge in [0.1, 0.15) is 12.1 Å². The summed E-state index contributed by atoms with van der Waals surface area (Å²) in [5.41, 5.74) is 2.90. The van der Waals surface area contributed by atoms with E-state index in [1.54, 1.807) is 0 Å². The smallest absolute Gasteiger partial charge is 0.294 e. The van der Waals surface area contributed by atoms with Crippen molar-refractivity contribution in [2.24, 2.45) is 0 Å². The zero-order valence-electron chi connectivity index (χ0n) is 19.2. The van der Waals surface area contributed by atoms with E-state index in [0.717, 1.165) is 44.3 Å². The third-order valence-electron chi connectivity index (χ3n) is 6.64. The van der Waals surface area contributed by atoms with Crippen LogP contribution >= 0.6 is 0 Å². The number of hydrogen-bond donors (Lipinski definition) is 1. The van der Waals surface area contributed by atoms with Crippen LogP contribution in [-0.4, -0.2) is 31.6 Å². The molecule has 0 aliphatic rings. The summed E-state index contributed by atoms with van der Waals surface area (Å²) in [7, 11) is 0. The van der Waals surface area contributed by atoms with Crippen LogP contribution in [0.25, 0.3) is 64.1 Å². The highest BCUT2D eigenvalue weighted by molar-refractivity contribution is 6.38. The molecule has 1 N–H and O–H groups in total. The van der Waals surface area contributed by atoms with Gasteiger partial charge >= 0.3 is 0 Å². The molecule has 0 spiro atoms. The van der Waals surface area contributed by atoms with Crippen LogP contribution < -0.4 is 0 Å². The number of fused-ring (bicyclic) bond motifs is 6. The van der Waals surface area contributed by atoms with Gasteiger partial charge < -0.3 is 14.8 Å². The van der Waals surface area contributed by atoms with E-state index in [-0.39, 0.29) is 29.6 Å². The van der Waals surface area contributed by atoms with Gasteiger partial charge in [-0.2, -0.15) is 10.5 Å². The molecule has 2 aromatic heterocycles. The second kappa shape index (κ2) is 8.33. The fourth-order valence-corrected chi connectivity index (χ4v) is 5.12. The van der Waals surface area contributed by atoms with Crippen LogP contribution in [0.4, 0.5) is 11.6 Å². The highest BCUT2D eigenvalue weighted by atomic mass is 16.2. The normalized spacial score (nSPS) is 11.2. The van der Waals surface area contributed by atoms with Crippen molar-refractivity contribution in [1.82, 2.24) is 19.9 Å². The molecular weight excluding hydrogens is 464 g/mol. The number of nitriles is 2. The van der Waals surface area contributed by atoms with Crippen molar-refractivity contribution in [3.05, 3.63) is 70.1 Å². The van der Waals surface area contributed by atoms with Crippen LogP contribution in [-0.2, 0) is 6.42 Å². The molecule has 172 valence electrons. The van der Waals surface area contributed by atoms with Crippen molar-refractivity contribution in [3.63, 3.8) is 0 Å². The molecule has 0 fully saturated rings. The van der Waals surface area contributed by atoms with Crippen molar-refractivity contribution >= 4 is 66.0 Å². The van der Waals surface area contributed by atoms with E-state index in [9.17, 15) is 15.6 Å². The van der Waals surface area contributed by atoms with Gasteiger partial charge in [-0.1, -0.05) is 31.3 Å². The van der Waals surface area contributed by atoms with Crippen LogP contribution in [0.2, 0.25) is 0 Å². The largest absolute Gasteiger partial charge is 0.396 e. The summed E-state index contributed by atoms with van der Waals surface area (Å²) in [6, 6.07) is 13.5. The molecule has 0 saturated carbocycles. The zero-order valence-corrected chi connectivity index (χ0v) is 19.2. The van der Waals surface area contributed by atoms with Gasteiger partial charge in [-0.3, -0.25) is 0 Å². The Bertz CT molecular complexity index is 2090. The van der Waals surface area contributed by atoms with Gasteiger partial charge in [-0.25, -0.2) is 9.97 Å². The summed E-state index contributed by atoms with van der Waals surface area (Å²) in [5.74, 6) is -0.118. The molecule has 2 heterocycles. The Kier molecular flexibility index (Phi) is 4.95. The van der Waals surface area contributed by atoms with Crippen molar-refractivity contribution in [2.45, 2.75) is 19.3 Å². The molecule has 6 aromatic rings. The minimum absolute atomic E-state index is 0.0479. The molecule has 9 nitrogen and oxygen atoms in total. The first-order valence-corrected chi connectivity index (χ1v) is 11.5. The molecule has 0 atom stereocenters. The Morgan fingerprint density at radius 1 is 0.703 bits per heavy atom. The summed E-state index contributed by atoms with van der Waals surface area (Å²) in [5, 5.41) is 33.4. The Labute approximate surface area is 209 Å². The second-order valence-corrected chi connectivity index (χ2v) is 8.56. The summed E-state index contributed by atoms with van der Waals surface area (Å²) >= 11 is 0. The van der Waals surface area contributed by atoms with Crippen molar-refractivity contribution in [1.29, 1.82) is 10.5 Å². The average molecular weight is 478 g/mol. The van der Waals surface area contributed by atoms with Gasteiger partial charge in [0, 0.05) is 38.9 Å². The fraction of sp³-hybridized carbons (Fsp3) is 0.143. The first-order valence-electron chi connectivity index (χ1n) is 11.5. The summed E-state index contributed by atoms with van der Waals surface area (Å²) < 4.78 is 0. The number of aryl methyl sites for hydroxylation is 1. The molecule has 37 heavy (non-hydrogen) atoms. The van der Waals surface area contributed by atoms with Gasteiger partial charge in [0.05, 0.1) is 11.0 Å². The number of rotatable bonds is 4. The predicted molar refractivity (Wildman–Crippen MR) is 138 cm³/mol. The Balaban J connectivity index is 1.94. The standard InChI is InChI=1S/C28H14N8O/c1-31-27-28(32-2)36-24-17-10-9-14(6-3-4-11-37)20-22(17)21-15(23(24)35-27)7-5-8-16(21)25-26(20)34-19(13-30)18(12-29)33-25/h5,7-10,37H,3-4,6,11H2. The topological polar surface area (TPSA) is 128 Å². The highest BCUT2D eigenvalue weighted by Gasteiger charge is 2.26.